The minimum absolute atomic E-state index is 0.00634. The maximum atomic E-state index is 11.7. The lowest BCUT2D eigenvalue weighted by atomic mass is 10.1. The lowest BCUT2D eigenvalue weighted by molar-refractivity contribution is -0.119. The van der Waals surface area contributed by atoms with E-state index >= 15 is 0 Å². The van der Waals surface area contributed by atoms with Crippen molar-refractivity contribution >= 4 is 5.91 Å². The summed E-state index contributed by atoms with van der Waals surface area (Å²) in [6.07, 6.45) is 2.33. The van der Waals surface area contributed by atoms with Crippen molar-refractivity contribution in [3.05, 3.63) is 47.8 Å². The van der Waals surface area contributed by atoms with Gasteiger partial charge in [-0.05, 0) is 11.6 Å². The number of amides is 1. The molecule has 0 atom stereocenters. The monoisotopic (exact) mass is 217 g/mol. The van der Waals surface area contributed by atoms with Crippen molar-refractivity contribution in [3.8, 4) is 0 Å². The molecule has 0 saturated heterocycles. The molecule has 4 nitrogen and oxygen atoms in total. The summed E-state index contributed by atoms with van der Waals surface area (Å²) >= 11 is 0. The van der Waals surface area contributed by atoms with Crippen LogP contribution in [0.3, 0.4) is 0 Å². The van der Waals surface area contributed by atoms with E-state index in [1.807, 2.05) is 36.4 Å². The first-order valence-corrected chi connectivity index (χ1v) is 5.33. The van der Waals surface area contributed by atoms with Gasteiger partial charge in [0.2, 0.25) is 5.91 Å². The second-order valence-electron chi connectivity index (χ2n) is 3.64. The molecule has 1 aliphatic heterocycles. The smallest absolute Gasteiger partial charge is 0.229 e. The van der Waals surface area contributed by atoms with Gasteiger partial charge in [0, 0.05) is 6.54 Å². The predicted molar refractivity (Wildman–Crippen MR) is 62.4 cm³/mol. The summed E-state index contributed by atoms with van der Waals surface area (Å²) in [5.41, 5.74) is 1.02. The molecule has 0 saturated carbocycles. The number of carbonyl (C=O) groups is 1. The van der Waals surface area contributed by atoms with E-state index in [1.165, 1.54) is 0 Å². The normalized spacial score (nSPS) is 14.9. The summed E-state index contributed by atoms with van der Waals surface area (Å²) < 4.78 is 0. The van der Waals surface area contributed by atoms with Crippen LogP contribution >= 0.6 is 0 Å². The van der Waals surface area contributed by atoms with Crippen LogP contribution in [0.5, 0.6) is 0 Å². The van der Waals surface area contributed by atoms with E-state index in [4.69, 9.17) is 0 Å². The van der Waals surface area contributed by atoms with Gasteiger partial charge in [0.25, 0.3) is 0 Å². The van der Waals surface area contributed by atoms with E-state index in [1.54, 1.807) is 0 Å². The van der Waals surface area contributed by atoms with Crippen molar-refractivity contribution in [1.82, 2.24) is 16.0 Å². The minimum atomic E-state index is 0.00634. The molecular formula is C12H15N3O. The van der Waals surface area contributed by atoms with Crippen LogP contribution in [-0.2, 0) is 11.2 Å². The van der Waals surface area contributed by atoms with Crippen molar-refractivity contribution < 1.29 is 4.79 Å². The number of benzene rings is 1. The van der Waals surface area contributed by atoms with Gasteiger partial charge in [0.05, 0.1) is 13.1 Å². The quantitative estimate of drug-likeness (QED) is 0.684. The number of nitrogens with one attached hydrogen (secondary N) is 3. The van der Waals surface area contributed by atoms with Crippen molar-refractivity contribution in [2.24, 2.45) is 0 Å². The van der Waals surface area contributed by atoms with E-state index in [2.05, 4.69) is 16.0 Å². The second-order valence-corrected chi connectivity index (χ2v) is 3.64. The highest BCUT2D eigenvalue weighted by Crippen LogP contribution is 1.99. The third-order valence-corrected chi connectivity index (χ3v) is 2.34. The Hall–Kier alpha value is -1.81. The first-order valence-electron chi connectivity index (χ1n) is 5.33. The minimum Gasteiger partial charge on any atom is -0.359 e. The van der Waals surface area contributed by atoms with Crippen molar-refractivity contribution in [1.29, 1.82) is 0 Å². The van der Waals surface area contributed by atoms with Crippen molar-refractivity contribution in [2.45, 2.75) is 6.42 Å². The van der Waals surface area contributed by atoms with Crippen LogP contribution < -0.4 is 16.0 Å². The maximum absolute atomic E-state index is 11.7. The molecule has 0 radical (unpaired) electrons. The van der Waals surface area contributed by atoms with Gasteiger partial charge in [0.15, 0.2) is 0 Å². The highest BCUT2D eigenvalue weighted by molar-refractivity contribution is 5.80. The van der Waals surface area contributed by atoms with Gasteiger partial charge >= 0.3 is 0 Å². The van der Waals surface area contributed by atoms with Crippen LogP contribution in [0.1, 0.15) is 5.56 Å². The van der Waals surface area contributed by atoms with Gasteiger partial charge in [-0.3, -0.25) is 10.1 Å². The summed E-state index contributed by atoms with van der Waals surface area (Å²) in [6.45, 7) is 1.48. The SMILES string of the molecule is O=C(Cc1ccccc1)NC1=CCNCN1. The molecule has 16 heavy (non-hydrogen) atoms. The fraction of sp³-hybridized carbons (Fsp3) is 0.250. The molecule has 1 aromatic carbocycles. The zero-order chi connectivity index (χ0) is 11.2. The molecule has 1 aromatic rings. The number of hydrogen-bond donors (Lipinski definition) is 3. The molecule has 3 N–H and O–H groups in total. The van der Waals surface area contributed by atoms with Crippen LogP contribution in [0.15, 0.2) is 42.2 Å². The Morgan fingerprint density at radius 2 is 2.12 bits per heavy atom. The van der Waals surface area contributed by atoms with E-state index in [9.17, 15) is 4.79 Å². The van der Waals surface area contributed by atoms with Gasteiger partial charge in [-0.2, -0.15) is 0 Å². The number of carbonyl (C=O) groups excluding carboxylic acids is 1. The molecule has 1 amide bonds. The van der Waals surface area contributed by atoms with Gasteiger partial charge in [0.1, 0.15) is 5.82 Å². The lowest BCUT2D eigenvalue weighted by Crippen LogP contribution is -2.41. The van der Waals surface area contributed by atoms with Crippen LogP contribution in [-0.4, -0.2) is 19.1 Å². The molecule has 4 heteroatoms. The zero-order valence-electron chi connectivity index (χ0n) is 8.99. The largest absolute Gasteiger partial charge is 0.359 e. The van der Waals surface area contributed by atoms with Crippen molar-refractivity contribution in [2.75, 3.05) is 13.2 Å². The first kappa shape index (κ1) is 10.7. The molecule has 0 bridgehead atoms. The Bertz CT molecular complexity index is 387. The average Bonchev–Trinajstić information content (AvgIpc) is 2.31. The maximum Gasteiger partial charge on any atom is 0.229 e. The topological polar surface area (TPSA) is 53.2 Å². The third kappa shape index (κ3) is 3.10. The van der Waals surface area contributed by atoms with Crippen LogP contribution in [0.4, 0.5) is 0 Å². The molecule has 2 rings (SSSR count). The lowest BCUT2D eigenvalue weighted by Gasteiger charge is -2.17. The highest BCUT2D eigenvalue weighted by atomic mass is 16.1. The van der Waals surface area contributed by atoms with E-state index < -0.39 is 0 Å². The Morgan fingerprint density at radius 3 is 2.81 bits per heavy atom. The molecule has 0 fully saturated rings. The molecule has 84 valence electrons. The molecule has 0 spiro atoms. The molecule has 0 aliphatic carbocycles. The summed E-state index contributed by atoms with van der Waals surface area (Å²) in [6, 6.07) is 9.71. The summed E-state index contributed by atoms with van der Waals surface area (Å²) in [5.74, 6) is 0.798. The third-order valence-electron chi connectivity index (χ3n) is 2.34. The standard InChI is InChI=1S/C12H15N3O/c16-12(8-10-4-2-1-3-5-10)15-11-6-7-13-9-14-11/h1-6,13-14H,7-9H2,(H,15,16). The van der Waals surface area contributed by atoms with Crippen LogP contribution in [0.25, 0.3) is 0 Å². The van der Waals surface area contributed by atoms with E-state index in [0.717, 1.165) is 17.9 Å². The molecule has 1 heterocycles. The Morgan fingerprint density at radius 1 is 1.31 bits per heavy atom. The van der Waals surface area contributed by atoms with E-state index in [0.29, 0.717) is 13.1 Å². The van der Waals surface area contributed by atoms with E-state index in [-0.39, 0.29) is 5.91 Å². The second kappa shape index (κ2) is 5.32. The van der Waals surface area contributed by atoms with Crippen molar-refractivity contribution in [3.63, 3.8) is 0 Å². The molecule has 0 unspecified atom stereocenters. The van der Waals surface area contributed by atoms with Gasteiger partial charge < -0.3 is 10.6 Å². The molecular weight excluding hydrogens is 202 g/mol. The molecule has 0 aromatic heterocycles. The van der Waals surface area contributed by atoms with Crippen LogP contribution in [0, 0.1) is 0 Å². The number of rotatable bonds is 3. The number of hydrogen-bond acceptors (Lipinski definition) is 3. The summed E-state index contributed by atoms with van der Waals surface area (Å²) in [5, 5.41) is 8.99. The fourth-order valence-electron chi connectivity index (χ4n) is 1.55. The predicted octanol–water partition coefficient (Wildman–Crippen LogP) is 0.337. The van der Waals surface area contributed by atoms with Gasteiger partial charge in [-0.1, -0.05) is 30.3 Å². The van der Waals surface area contributed by atoms with Gasteiger partial charge in [-0.15, -0.1) is 0 Å². The highest BCUT2D eigenvalue weighted by Gasteiger charge is 2.06. The Labute approximate surface area is 94.7 Å². The Balaban J connectivity index is 1.87. The zero-order valence-corrected chi connectivity index (χ0v) is 8.99. The first-order chi connectivity index (χ1) is 7.84. The fourth-order valence-corrected chi connectivity index (χ4v) is 1.55. The summed E-state index contributed by atoms with van der Waals surface area (Å²) in [4.78, 5) is 11.7. The molecule has 1 aliphatic rings. The Kier molecular flexibility index (Phi) is 3.56. The van der Waals surface area contributed by atoms with Gasteiger partial charge in [-0.25, -0.2) is 0 Å². The van der Waals surface area contributed by atoms with Crippen LogP contribution in [0.2, 0.25) is 0 Å². The summed E-state index contributed by atoms with van der Waals surface area (Å²) in [7, 11) is 0. The average molecular weight is 217 g/mol.